The minimum Gasteiger partial charge on any atom is -0.479 e. The van der Waals surface area contributed by atoms with Crippen molar-refractivity contribution in [1.82, 2.24) is 5.32 Å². The monoisotopic (exact) mass is 354 g/mol. The first-order valence-corrected chi connectivity index (χ1v) is 6.00. The third-order valence-electron chi connectivity index (χ3n) is 2.44. The number of carbonyl (C=O) groups excluding carboxylic acids is 1. The van der Waals surface area contributed by atoms with Gasteiger partial charge in [0.05, 0.1) is 0 Å². The van der Waals surface area contributed by atoms with Gasteiger partial charge in [-0.1, -0.05) is 22.0 Å². The average molecular weight is 355 g/mol. The number of hydrogen-bond donors (Lipinski definition) is 3. The molecule has 0 fully saturated rings. The quantitative estimate of drug-likeness (QED) is 0.780. The molecule has 1 atom stereocenters. The van der Waals surface area contributed by atoms with Crippen LogP contribution in [0.25, 0.3) is 0 Å². The maximum Gasteiger partial charge on any atom is 0.422 e. The molecule has 110 valence electrons. The lowest BCUT2D eigenvalue weighted by Gasteiger charge is -2.28. The Morgan fingerprint density at radius 1 is 1.30 bits per heavy atom. The average Bonchev–Trinajstić information content (AvgIpc) is 2.26. The van der Waals surface area contributed by atoms with Crippen LogP contribution >= 0.6 is 15.9 Å². The summed E-state index contributed by atoms with van der Waals surface area (Å²) in [6, 6.07) is 4.83. The van der Waals surface area contributed by atoms with E-state index in [1.54, 1.807) is 12.1 Å². The predicted octanol–water partition coefficient (Wildman–Crippen LogP) is 2.98. The van der Waals surface area contributed by atoms with Crippen molar-refractivity contribution in [3.63, 3.8) is 0 Å². The first-order valence-electron chi connectivity index (χ1n) is 5.21. The Kier molecular flexibility index (Phi) is 4.64. The molecule has 5 nitrogen and oxygen atoms in total. The number of carbonyl (C=O) groups is 2. The molecule has 3 N–H and O–H groups in total. The van der Waals surface area contributed by atoms with Crippen LogP contribution in [0.15, 0.2) is 28.7 Å². The second-order valence-corrected chi connectivity index (χ2v) is 4.93. The largest absolute Gasteiger partial charge is 0.479 e. The predicted molar refractivity (Wildman–Crippen MR) is 68.4 cm³/mol. The molecule has 2 amide bonds. The van der Waals surface area contributed by atoms with Gasteiger partial charge in [0.1, 0.15) is 0 Å². The highest BCUT2D eigenvalue weighted by Gasteiger charge is 2.58. The van der Waals surface area contributed by atoms with E-state index in [1.165, 1.54) is 17.4 Å². The van der Waals surface area contributed by atoms with E-state index in [0.717, 1.165) is 0 Å². The zero-order valence-electron chi connectivity index (χ0n) is 10.1. The van der Waals surface area contributed by atoms with Crippen molar-refractivity contribution in [1.29, 1.82) is 0 Å². The molecular formula is C11H10BrF3N2O3. The van der Waals surface area contributed by atoms with Crippen LogP contribution in [0.1, 0.15) is 6.92 Å². The van der Waals surface area contributed by atoms with Crippen molar-refractivity contribution in [2.45, 2.75) is 18.6 Å². The minimum absolute atomic E-state index is 0.215. The fourth-order valence-electron chi connectivity index (χ4n) is 1.20. The van der Waals surface area contributed by atoms with Gasteiger partial charge in [0.25, 0.3) is 0 Å². The van der Waals surface area contributed by atoms with Crippen LogP contribution in [0.3, 0.4) is 0 Å². The van der Waals surface area contributed by atoms with Crippen molar-refractivity contribution in [2.75, 3.05) is 5.32 Å². The van der Waals surface area contributed by atoms with E-state index < -0.39 is 23.7 Å². The van der Waals surface area contributed by atoms with Gasteiger partial charge < -0.3 is 15.7 Å². The molecule has 1 rings (SSSR count). The summed E-state index contributed by atoms with van der Waals surface area (Å²) in [6.07, 6.45) is -5.13. The Hall–Kier alpha value is -1.77. The lowest BCUT2D eigenvalue weighted by Crippen LogP contribution is -2.62. The fraction of sp³-hybridized carbons (Fsp3) is 0.273. The Morgan fingerprint density at radius 2 is 1.90 bits per heavy atom. The summed E-state index contributed by atoms with van der Waals surface area (Å²) < 4.78 is 38.7. The molecular weight excluding hydrogens is 345 g/mol. The zero-order valence-corrected chi connectivity index (χ0v) is 11.7. The molecule has 0 aliphatic rings. The second-order valence-electron chi connectivity index (χ2n) is 4.02. The van der Waals surface area contributed by atoms with Crippen molar-refractivity contribution in [2.24, 2.45) is 0 Å². The van der Waals surface area contributed by atoms with Gasteiger partial charge in [-0.15, -0.1) is 0 Å². The Balaban J connectivity index is 2.86. The molecule has 0 radical (unpaired) electrons. The van der Waals surface area contributed by atoms with Gasteiger partial charge in [-0.05, 0) is 25.1 Å². The number of halogens is 4. The number of carboxylic acids is 1. The SMILES string of the molecule is CC(NC(=O)Nc1cccc(Br)c1)(C(=O)O)C(F)(F)F. The highest BCUT2D eigenvalue weighted by atomic mass is 79.9. The van der Waals surface area contributed by atoms with Gasteiger partial charge in [-0.25, -0.2) is 9.59 Å². The Labute approximate surface area is 120 Å². The van der Waals surface area contributed by atoms with Gasteiger partial charge in [0.2, 0.25) is 5.54 Å². The highest BCUT2D eigenvalue weighted by Crippen LogP contribution is 2.30. The molecule has 0 aromatic heterocycles. The Morgan fingerprint density at radius 3 is 2.35 bits per heavy atom. The van der Waals surface area contributed by atoms with Crippen LogP contribution in [-0.4, -0.2) is 28.8 Å². The molecule has 0 heterocycles. The van der Waals surface area contributed by atoms with Crippen LogP contribution in [0, 0.1) is 0 Å². The highest BCUT2D eigenvalue weighted by molar-refractivity contribution is 9.10. The normalized spacial score (nSPS) is 14.2. The van der Waals surface area contributed by atoms with Crippen molar-refractivity contribution < 1.29 is 27.9 Å². The zero-order chi connectivity index (χ0) is 15.6. The van der Waals surface area contributed by atoms with E-state index in [9.17, 15) is 22.8 Å². The van der Waals surface area contributed by atoms with Crippen molar-refractivity contribution >= 4 is 33.6 Å². The van der Waals surface area contributed by atoms with Crippen LogP contribution in [-0.2, 0) is 4.79 Å². The molecule has 0 aliphatic heterocycles. The number of aliphatic carboxylic acids is 1. The van der Waals surface area contributed by atoms with Crippen LogP contribution in [0.5, 0.6) is 0 Å². The third-order valence-corrected chi connectivity index (χ3v) is 2.93. The topological polar surface area (TPSA) is 78.4 Å². The summed E-state index contributed by atoms with van der Waals surface area (Å²) in [7, 11) is 0. The summed E-state index contributed by atoms with van der Waals surface area (Å²) >= 11 is 3.12. The third kappa shape index (κ3) is 3.62. The van der Waals surface area contributed by atoms with Crippen LogP contribution in [0.4, 0.5) is 23.7 Å². The van der Waals surface area contributed by atoms with Crippen molar-refractivity contribution in [3.05, 3.63) is 28.7 Å². The van der Waals surface area contributed by atoms with Gasteiger partial charge in [-0.2, -0.15) is 13.2 Å². The molecule has 1 aromatic rings. The molecule has 0 saturated heterocycles. The first-order chi connectivity index (χ1) is 9.06. The molecule has 9 heteroatoms. The van der Waals surface area contributed by atoms with E-state index in [4.69, 9.17) is 5.11 Å². The van der Waals surface area contributed by atoms with Gasteiger partial charge in [0, 0.05) is 10.2 Å². The molecule has 0 saturated carbocycles. The smallest absolute Gasteiger partial charge is 0.422 e. The van der Waals surface area contributed by atoms with Crippen molar-refractivity contribution in [3.8, 4) is 0 Å². The summed E-state index contributed by atoms with van der Waals surface area (Å²) in [5.74, 6) is -2.20. The summed E-state index contributed by atoms with van der Waals surface area (Å²) in [5, 5.41) is 12.2. The fourth-order valence-corrected chi connectivity index (χ4v) is 1.60. The lowest BCUT2D eigenvalue weighted by atomic mass is 10.0. The van der Waals surface area contributed by atoms with Gasteiger partial charge >= 0.3 is 18.2 Å². The minimum atomic E-state index is -5.13. The molecule has 0 bridgehead atoms. The van der Waals surface area contributed by atoms with E-state index in [1.807, 2.05) is 0 Å². The van der Waals surface area contributed by atoms with E-state index in [-0.39, 0.29) is 5.69 Å². The molecule has 20 heavy (non-hydrogen) atoms. The number of anilines is 1. The van der Waals surface area contributed by atoms with E-state index >= 15 is 0 Å². The second kappa shape index (κ2) is 5.70. The van der Waals surface area contributed by atoms with E-state index in [2.05, 4.69) is 21.2 Å². The standard InChI is InChI=1S/C11H10BrF3N2O3/c1-10(8(18)19,11(13,14)15)17-9(20)16-7-4-2-3-6(12)5-7/h2-5H,1H3,(H,18,19)(H2,16,17,20). The van der Waals surface area contributed by atoms with E-state index in [0.29, 0.717) is 11.4 Å². The molecule has 0 aliphatic carbocycles. The number of benzene rings is 1. The lowest BCUT2D eigenvalue weighted by molar-refractivity contribution is -0.203. The first kappa shape index (κ1) is 16.3. The number of nitrogens with one attached hydrogen (secondary N) is 2. The number of amides is 2. The van der Waals surface area contributed by atoms with Gasteiger partial charge in [-0.3, -0.25) is 0 Å². The maximum absolute atomic E-state index is 12.7. The number of urea groups is 1. The number of hydrogen-bond acceptors (Lipinski definition) is 2. The molecule has 1 unspecified atom stereocenters. The summed E-state index contributed by atoms with van der Waals surface area (Å²) in [6.45, 7) is 0.371. The van der Waals surface area contributed by atoms with Gasteiger partial charge in [0.15, 0.2) is 0 Å². The number of rotatable bonds is 3. The summed E-state index contributed by atoms with van der Waals surface area (Å²) in [5.41, 5.74) is -3.16. The van der Waals surface area contributed by atoms with Crippen LogP contribution in [0.2, 0.25) is 0 Å². The van der Waals surface area contributed by atoms with Crippen LogP contribution < -0.4 is 10.6 Å². The Bertz CT molecular complexity index is 536. The number of carboxylic acid groups (broad SMARTS) is 1. The number of alkyl halides is 3. The molecule has 1 aromatic carbocycles. The maximum atomic E-state index is 12.7. The molecule has 0 spiro atoms. The summed E-state index contributed by atoms with van der Waals surface area (Å²) in [4.78, 5) is 22.2.